The Hall–Kier alpha value is -0.450. The van der Waals surface area contributed by atoms with E-state index < -0.39 is 0 Å². The third kappa shape index (κ3) is 3.00. The van der Waals surface area contributed by atoms with Gasteiger partial charge in [-0.15, -0.1) is 11.3 Å². The van der Waals surface area contributed by atoms with Crippen LogP contribution in [0.5, 0.6) is 0 Å². The molecule has 3 nitrogen and oxygen atoms in total. The number of nitrogens with one attached hydrogen (secondary N) is 1. The first kappa shape index (κ1) is 11.0. The molecule has 0 radical (unpaired) electrons. The molecule has 0 spiro atoms. The fraction of sp³-hybridized carbons (Fsp3) is 0.727. The lowest BCUT2D eigenvalue weighted by Crippen LogP contribution is -2.30. The van der Waals surface area contributed by atoms with Gasteiger partial charge in [0.15, 0.2) is 0 Å². The van der Waals surface area contributed by atoms with Crippen molar-refractivity contribution >= 4 is 11.3 Å². The Bertz CT molecular complexity index is 284. The van der Waals surface area contributed by atoms with Gasteiger partial charge in [0.2, 0.25) is 0 Å². The number of hydrogen-bond donors (Lipinski definition) is 1. The largest absolute Gasteiger partial charge is 0.309 e. The molecule has 84 valence electrons. The Balaban J connectivity index is 1.73. The topological polar surface area (TPSA) is 28.2 Å². The van der Waals surface area contributed by atoms with E-state index in [2.05, 4.69) is 29.3 Å². The van der Waals surface area contributed by atoms with E-state index in [1.807, 2.05) is 11.7 Å². The van der Waals surface area contributed by atoms with Crippen LogP contribution in [0.3, 0.4) is 0 Å². The normalized spacial score (nSPS) is 26.3. The lowest BCUT2D eigenvalue weighted by Gasteiger charge is -2.19. The molecular formula is C11H19N3S. The van der Waals surface area contributed by atoms with Crippen molar-refractivity contribution in [1.82, 2.24) is 15.2 Å². The van der Waals surface area contributed by atoms with Gasteiger partial charge < -0.3 is 10.2 Å². The van der Waals surface area contributed by atoms with Crippen LogP contribution in [0, 0.1) is 0 Å². The molecule has 1 aliphatic rings. The summed E-state index contributed by atoms with van der Waals surface area (Å²) in [7, 11) is 4.35. The zero-order valence-electron chi connectivity index (χ0n) is 9.44. The summed E-state index contributed by atoms with van der Waals surface area (Å²) in [5, 5.41) is 3.61. The molecule has 15 heavy (non-hydrogen) atoms. The summed E-state index contributed by atoms with van der Waals surface area (Å²) in [6, 6.07) is 1.46. The van der Waals surface area contributed by atoms with E-state index in [1.165, 1.54) is 24.1 Å². The molecular weight excluding hydrogens is 206 g/mol. The molecule has 0 aromatic carbocycles. The van der Waals surface area contributed by atoms with Gasteiger partial charge in [-0.25, -0.2) is 0 Å². The number of hydrogen-bond acceptors (Lipinski definition) is 4. The van der Waals surface area contributed by atoms with Crippen LogP contribution in [0.2, 0.25) is 0 Å². The standard InChI is InChI=1S/C11H19N3S/c1-14(2)10-4-3-9(5-10)13-7-11-6-12-8-15-11/h6,8-10,13H,3-5,7H2,1-2H3. The minimum atomic E-state index is 0.694. The van der Waals surface area contributed by atoms with Crippen LogP contribution in [-0.2, 0) is 6.54 Å². The molecule has 2 atom stereocenters. The average Bonchev–Trinajstić information content (AvgIpc) is 2.86. The quantitative estimate of drug-likeness (QED) is 0.845. The van der Waals surface area contributed by atoms with Gasteiger partial charge in [-0.3, -0.25) is 4.98 Å². The van der Waals surface area contributed by atoms with Gasteiger partial charge in [-0.1, -0.05) is 0 Å². The first-order chi connectivity index (χ1) is 7.25. The van der Waals surface area contributed by atoms with Crippen LogP contribution in [0.1, 0.15) is 24.1 Å². The first-order valence-corrected chi connectivity index (χ1v) is 6.41. The van der Waals surface area contributed by atoms with Crippen LogP contribution in [0.25, 0.3) is 0 Å². The second-order valence-corrected chi connectivity index (χ2v) is 5.45. The van der Waals surface area contributed by atoms with E-state index in [4.69, 9.17) is 0 Å². The van der Waals surface area contributed by atoms with E-state index >= 15 is 0 Å². The van der Waals surface area contributed by atoms with E-state index in [1.54, 1.807) is 11.3 Å². The van der Waals surface area contributed by atoms with Crippen molar-refractivity contribution in [2.45, 2.75) is 37.9 Å². The lowest BCUT2D eigenvalue weighted by atomic mass is 10.2. The fourth-order valence-electron chi connectivity index (χ4n) is 2.19. The second kappa shape index (κ2) is 5.05. The summed E-state index contributed by atoms with van der Waals surface area (Å²) in [5.74, 6) is 0. The molecule has 0 amide bonds. The van der Waals surface area contributed by atoms with E-state index in [-0.39, 0.29) is 0 Å². The smallest absolute Gasteiger partial charge is 0.0794 e. The Morgan fingerprint density at radius 2 is 2.40 bits per heavy atom. The molecule has 4 heteroatoms. The maximum atomic E-state index is 4.08. The number of aromatic nitrogens is 1. The van der Waals surface area contributed by atoms with Gasteiger partial charge in [0.1, 0.15) is 0 Å². The Morgan fingerprint density at radius 1 is 1.53 bits per heavy atom. The molecule has 0 bridgehead atoms. The molecule has 1 aromatic rings. The van der Waals surface area contributed by atoms with Crippen LogP contribution in [0.15, 0.2) is 11.7 Å². The van der Waals surface area contributed by atoms with E-state index in [0.717, 1.165) is 12.6 Å². The Kier molecular flexibility index (Phi) is 3.72. The Morgan fingerprint density at radius 3 is 3.00 bits per heavy atom. The number of rotatable bonds is 4. The van der Waals surface area contributed by atoms with Gasteiger partial charge in [0.05, 0.1) is 5.51 Å². The molecule has 1 heterocycles. The number of nitrogens with zero attached hydrogens (tertiary/aromatic N) is 2. The van der Waals surface area contributed by atoms with Gasteiger partial charge >= 0.3 is 0 Å². The van der Waals surface area contributed by atoms with Crippen molar-refractivity contribution in [3.8, 4) is 0 Å². The highest BCUT2D eigenvalue weighted by Crippen LogP contribution is 2.22. The molecule has 2 rings (SSSR count). The number of thiazole rings is 1. The van der Waals surface area contributed by atoms with Crippen molar-refractivity contribution in [2.24, 2.45) is 0 Å². The Labute approximate surface area is 95.5 Å². The van der Waals surface area contributed by atoms with Crippen LogP contribution in [0.4, 0.5) is 0 Å². The highest BCUT2D eigenvalue weighted by molar-refractivity contribution is 7.09. The minimum absolute atomic E-state index is 0.694. The molecule has 1 saturated carbocycles. The first-order valence-electron chi connectivity index (χ1n) is 5.53. The van der Waals surface area contributed by atoms with E-state index in [9.17, 15) is 0 Å². The molecule has 1 fully saturated rings. The van der Waals surface area contributed by atoms with Crippen LogP contribution >= 0.6 is 11.3 Å². The maximum absolute atomic E-state index is 4.08. The predicted molar refractivity (Wildman–Crippen MR) is 64.1 cm³/mol. The van der Waals surface area contributed by atoms with Gasteiger partial charge in [0, 0.05) is 29.7 Å². The molecule has 2 unspecified atom stereocenters. The lowest BCUT2D eigenvalue weighted by molar-refractivity contribution is 0.293. The monoisotopic (exact) mass is 225 g/mol. The van der Waals surface area contributed by atoms with Gasteiger partial charge in [0.25, 0.3) is 0 Å². The van der Waals surface area contributed by atoms with Crippen LogP contribution < -0.4 is 5.32 Å². The third-order valence-corrected chi connectivity index (χ3v) is 3.96. The highest BCUT2D eigenvalue weighted by Gasteiger charge is 2.25. The van der Waals surface area contributed by atoms with Gasteiger partial charge in [-0.05, 0) is 33.4 Å². The summed E-state index contributed by atoms with van der Waals surface area (Å²) in [5.41, 5.74) is 1.90. The van der Waals surface area contributed by atoms with Gasteiger partial charge in [-0.2, -0.15) is 0 Å². The maximum Gasteiger partial charge on any atom is 0.0794 e. The van der Waals surface area contributed by atoms with Crippen LogP contribution in [-0.4, -0.2) is 36.1 Å². The molecule has 1 N–H and O–H groups in total. The van der Waals surface area contributed by atoms with Crippen molar-refractivity contribution in [2.75, 3.05) is 14.1 Å². The molecule has 1 aliphatic carbocycles. The summed E-state index contributed by atoms with van der Waals surface area (Å²) in [6.07, 6.45) is 5.87. The van der Waals surface area contributed by atoms with Crippen molar-refractivity contribution in [3.63, 3.8) is 0 Å². The molecule has 0 aliphatic heterocycles. The zero-order valence-corrected chi connectivity index (χ0v) is 10.3. The molecule has 1 aromatic heterocycles. The van der Waals surface area contributed by atoms with E-state index in [0.29, 0.717) is 6.04 Å². The van der Waals surface area contributed by atoms with Crippen molar-refractivity contribution < 1.29 is 0 Å². The predicted octanol–water partition coefficient (Wildman–Crippen LogP) is 1.72. The molecule has 0 saturated heterocycles. The summed E-state index contributed by atoms with van der Waals surface area (Å²) >= 11 is 1.73. The van der Waals surface area contributed by atoms with Crippen molar-refractivity contribution in [3.05, 3.63) is 16.6 Å². The summed E-state index contributed by atoms with van der Waals surface area (Å²) < 4.78 is 0. The minimum Gasteiger partial charge on any atom is -0.309 e. The summed E-state index contributed by atoms with van der Waals surface area (Å²) in [6.45, 7) is 0.982. The van der Waals surface area contributed by atoms with Crippen molar-refractivity contribution in [1.29, 1.82) is 0 Å². The fourth-order valence-corrected chi connectivity index (χ4v) is 2.73. The SMILES string of the molecule is CN(C)C1CCC(NCc2cncs2)C1. The summed E-state index contributed by atoms with van der Waals surface area (Å²) in [4.78, 5) is 7.76. The average molecular weight is 225 g/mol. The third-order valence-electron chi connectivity index (χ3n) is 3.18. The zero-order chi connectivity index (χ0) is 10.7. The highest BCUT2D eigenvalue weighted by atomic mass is 32.1. The second-order valence-electron chi connectivity index (χ2n) is 4.48.